The minimum absolute atomic E-state index is 0.0535. The van der Waals surface area contributed by atoms with Crippen molar-refractivity contribution < 1.29 is 19.5 Å². The summed E-state index contributed by atoms with van der Waals surface area (Å²) in [4.78, 5) is 29.5. The van der Waals surface area contributed by atoms with Gasteiger partial charge in [0.05, 0.1) is 22.0 Å². The fourth-order valence-corrected chi connectivity index (χ4v) is 2.41. The summed E-state index contributed by atoms with van der Waals surface area (Å²) in [6.07, 6.45) is 2.57. The van der Waals surface area contributed by atoms with Gasteiger partial charge in [0, 0.05) is 18.1 Å². The van der Waals surface area contributed by atoms with E-state index in [9.17, 15) is 9.59 Å². The van der Waals surface area contributed by atoms with E-state index in [4.69, 9.17) is 33.8 Å². The third kappa shape index (κ3) is 4.17. The van der Waals surface area contributed by atoms with Crippen molar-refractivity contribution in [2.45, 2.75) is 6.42 Å². The number of aliphatic carboxylic acids is 1. The summed E-state index contributed by atoms with van der Waals surface area (Å²) in [7, 11) is 0. The number of pyridine rings is 1. The van der Waals surface area contributed by atoms with Gasteiger partial charge in [0.2, 0.25) is 0 Å². The Kier molecular flexibility index (Phi) is 5.65. The number of benzene rings is 1. The van der Waals surface area contributed by atoms with Crippen molar-refractivity contribution in [1.82, 2.24) is 4.98 Å². The molecule has 0 atom stereocenters. The second kappa shape index (κ2) is 7.70. The van der Waals surface area contributed by atoms with Crippen LogP contribution in [0.25, 0.3) is 5.53 Å². The van der Waals surface area contributed by atoms with Gasteiger partial charge in [-0.15, -0.1) is 0 Å². The van der Waals surface area contributed by atoms with Crippen LogP contribution in [0.15, 0.2) is 36.7 Å². The van der Waals surface area contributed by atoms with Crippen LogP contribution in [0.4, 0.5) is 5.69 Å². The second-order valence-corrected chi connectivity index (χ2v) is 5.47. The smallest absolute Gasteiger partial charge is 0.414 e. The molecule has 0 aliphatic heterocycles. The lowest BCUT2D eigenvalue weighted by Crippen LogP contribution is -2.17. The zero-order chi connectivity index (χ0) is 17.7. The number of halogens is 2. The molecule has 0 saturated heterocycles. The molecule has 2 aromatic rings. The van der Waals surface area contributed by atoms with Crippen LogP contribution in [0.2, 0.25) is 10.0 Å². The van der Waals surface area contributed by atoms with Crippen molar-refractivity contribution in [1.29, 1.82) is 0 Å². The molecule has 1 aromatic heterocycles. The first-order valence-corrected chi connectivity index (χ1v) is 7.31. The Bertz CT molecular complexity index is 826. The topological polar surface area (TPSA) is 116 Å². The van der Waals surface area contributed by atoms with Gasteiger partial charge in [-0.25, -0.2) is 4.79 Å². The minimum Gasteiger partial charge on any atom is -0.473 e. The Morgan fingerprint density at radius 2 is 1.75 bits per heavy atom. The van der Waals surface area contributed by atoms with Gasteiger partial charge in [-0.2, -0.15) is 4.79 Å². The molecule has 0 aliphatic rings. The van der Waals surface area contributed by atoms with E-state index in [0.29, 0.717) is 11.3 Å². The van der Waals surface area contributed by atoms with Gasteiger partial charge in [-0.05, 0) is 17.7 Å². The number of hydrogen-bond donors (Lipinski definition) is 2. The van der Waals surface area contributed by atoms with E-state index in [0.717, 1.165) is 0 Å². The average molecular weight is 365 g/mol. The van der Waals surface area contributed by atoms with E-state index in [1.54, 1.807) is 24.3 Å². The molecule has 1 amide bonds. The number of carbonyl (C=O) groups is 2. The number of rotatable bonds is 5. The van der Waals surface area contributed by atoms with Crippen molar-refractivity contribution in [2.24, 2.45) is 0 Å². The molecule has 24 heavy (non-hydrogen) atoms. The van der Waals surface area contributed by atoms with Crippen molar-refractivity contribution in [3.05, 3.63) is 63.4 Å². The lowest BCUT2D eigenvalue weighted by atomic mass is 10.1. The maximum atomic E-state index is 12.2. The Labute approximate surface area is 146 Å². The number of aromatic nitrogens is 1. The Balaban J connectivity index is 2.13. The maximum absolute atomic E-state index is 12.2. The Hall–Kier alpha value is -2.73. The molecule has 0 unspecified atom stereocenters. The van der Waals surface area contributed by atoms with Crippen LogP contribution >= 0.6 is 23.2 Å². The largest absolute Gasteiger partial charge is 0.473 e. The molecule has 9 heteroatoms. The molecular weight excluding hydrogens is 355 g/mol. The highest BCUT2D eigenvalue weighted by Crippen LogP contribution is 2.24. The number of carboxylic acid groups (broad SMARTS) is 1. The highest BCUT2D eigenvalue weighted by Gasteiger charge is 2.19. The molecule has 0 fully saturated rings. The van der Waals surface area contributed by atoms with E-state index in [1.165, 1.54) is 12.4 Å². The van der Waals surface area contributed by atoms with E-state index in [2.05, 4.69) is 15.1 Å². The number of hydrogen-bond acceptors (Lipinski definition) is 3. The standard InChI is InChI=1S/C15H10Cl2N4O3/c16-10-6-19-7-11(17)13(10)14(22)20-9-3-1-8(2-4-9)5-12(21-18)15(23)24/h1-4,6-7H,5H2,(H,20,22)(H,23,24). The SMILES string of the molecule is [N-]=[N+]=C(Cc1ccc(NC(=O)c2c(Cl)cncc2Cl)cc1)C(=O)O. The quantitative estimate of drug-likeness (QED) is 0.481. The van der Waals surface area contributed by atoms with Crippen LogP contribution < -0.4 is 5.32 Å². The molecule has 122 valence electrons. The molecule has 0 spiro atoms. The van der Waals surface area contributed by atoms with Gasteiger partial charge >= 0.3 is 11.7 Å². The average Bonchev–Trinajstić information content (AvgIpc) is 2.53. The normalized spacial score (nSPS) is 9.92. The van der Waals surface area contributed by atoms with Crippen LogP contribution in [0.1, 0.15) is 15.9 Å². The highest BCUT2D eigenvalue weighted by atomic mass is 35.5. The summed E-state index contributed by atoms with van der Waals surface area (Å²) in [5.41, 5.74) is 9.42. The number of carbonyl (C=O) groups excluding carboxylic acids is 1. The zero-order valence-electron chi connectivity index (χ0n) is 12.0. The monoisotopic (exact) mass is 364 g/mol. The summed E-state index contributed by atoms with van der Waals surface area (Å²) in [5.74, 6) is -1.81. The van der Waals surface area contributed by atoms with Crippen LogP contribution in [-0.4, -0.2) is 32.5 Å². The Morgan fingerprint density at radius 1 is 1.17 bits per heavy atom. The number of carboxylic acids is 1. The zero-order valence-corrected chi connectivity index (χ0v) is 13.5. The first-order valence-electron chi connectivity index (χ1n) is 6.56. The predicted molar refractivity (Wildman–Crippen MR) is 88.6 cm³/mol. The van der Waals surface area contributed by atoms with Crippen molar-refractivity contribution in [3.63, 3.8) is 0 Å². The summed E-state index contributed by atoms with van der Waals surface area (Å²) < 4.78 is 0. The molecule has 2 N–H and O–H groups in total. The fraction of sp³-hybridized carbons (Fsp3) is 0.0667. The molecule has 0 aliphatic carbocycles. The number of nitrogens with zero attached hydrogens (tertiary/aromatic N) is 3. The molecule has 1 aromatic carbocycles. The van der Waals surface area contributed by atoms with Gasteiger partial charge in [0.15, 0.2) is 0 Å². The molecular formula is C15H10Cl2N4O3. The van der Waals surface area contributed by atoms with E-state index < -0.39 is 11.9 Å². The predicted octanol–water partition coefficient (Wildman–Crippen LogP) is 2.94. The van der Waals surface area contributed by atoms with Crippen LogP contribution in [0.5, 0.6) is 0 Å². The van der Waals surface area contributed by atoms with Crippen molar-refractivity contribution >= 4 is 46.5 Å². The number of nitrogens with one attached hydrogen (secondary N) is 1. The van der Waals surface area contributed by atoms with Gasteiger partial charge in [0.1, 0.15) is 0 Å². The molecule has 1 heterocycles. The van der Waals surface area contributed by atoms with Gasteiger partial charge in [0.25, 0.3) is 5.91 Å². The van der Waals surface area contributed by atoms with Crippen molar-refractivity contribution in [3.8, 4) is 0 Å². The summed E-state index contributed by atoms with van der Waals surface area (Å²) in [5, 5.41) is 11.7. The third-order valence-electron chi connectivity index (χ3n) is 3.03. The molecule has 0 saturated carbocycles. The summed E-state index contributed by atoms with van der Waals surface area (Å²) in [6, 6.07) is 6.35. The molecule has 0 bridgehead atoms. The summed E-state index contributed by atoms with van der Waals surface area (Å²) in [6.45, 7) is 0. The maximum Gasteiger partial charge on any atom is 0.414 e. The molecule has 0 radical (unpaired) electrons. The lowest BCUT2D eigenvalue weighted by molar-refractivity contribution is -0.134. The highest BCUT2D eigenvalue weighted by molar-refractivity contribution is 6.40. The molecule has 7 nitrogen and oxygen atoms in total. The van der Waals surface area contributed by atoms with Crippen LogP contribution in [-0.2, 0) is 11.2 Å². The van der Waals surface area contributed by atoms with Gasteiger partial charge < -0.3 is 16.0 Å². The van der Waals surface area contributed by atoms with Gasteiger partial charge in [-0.3, -0.25) is 9.78 Å². The summed E-state index contributed by atoms with van der Waals surface area (Å²) >= 11 is 11.8. The van der Waals surface area contributed by atoms with E-state index in [1.807, 2.05) is 0 Å². The van der Waals surface area contributed by atoms with E-state index >= 15 is 0 Å². The lowest BCUT2D eigenvalue weighted by Gasteiger charge is -2.08. The second-order valence-electron chi connectivity index (χ2n) is 4.66. The first kappa shape index (κ1) is 17.6. The van der Waals surface area contributed by atoms with Crippen LogP contribution in [0, 0.1) is 0 Å². The van der Waals surface area contributed by atoms with Crippen molar-refractivity contribution in [2.75, 3.05) is 5.32 Å². The number of amides is 1. The number of anilines is 1. The molecule has 2 rings (SSSR count). The van der Waals surface area contributed by atoms with Crippen LogP contribution in [0.3, 0.4) is 0 Å². The minimum atomic E-state index is -1.31. The third-order valence-corrected chi connectivity index (χ3v) is 3.60. The fourth-order valence-electron chi connectivity index (χ4n) is 1.87. The Morgan fingerprint density at radius 3 is 2.25 bits per heavy atom. The van der Waals surface area contributed by atoms with E-state index in [-0.39, 0.29) is 27.7 Å². The first-order chi connectivity index (χ1) is 11.4. The van der Waals surface area contributed by atoms with Gasteiger partial charge in [-0.1, -0.05) is 35.3 Å².